The molecular formula is C9H17ClO. The van der Waals surface area contributed by atoms with E-state index in [1.165, 1.54) is 32.1 Å². The maximum atomic E-state index is 6.13. The summed E-state index contributed by atoms with van der Waals surface area (Å²) in [7, 11) is 1.72. The molecule has 1 atom stereocenters. The van der Waals surface area contributed by atoms with Crippen molar-refractivity contribution in [2.75, 3.05) is 13.7 Å². The van der Waals surface area contributed by atoms with Crippen molar-refractivity contribution in [3.05, 3.63) is 0 Å². The Kier molecular flexibility index (Phi) is 4.24. The number of alkyl halides is 1. The summed E-state index contributed by atoms with van der Waals surface area (Å²) in [5.41, 5.74) is 0. The summed E-state index contributed by atoms with van der Waals surface area (Å²) in [5, 5.41) is 0.250. The summed E-state index contributed by atoms with van der Waals surface area (Å²) in [6.45, 7) is 0.715. The van der Waals surface area contributed by atoms with Gasteiger partial charge in [-0.1, -0.05) is 19.3 Å². The number of methoxy groups -OCH3 is 1. The predicted molar refractivity (Wildman–Crippen MR) is 48.1 cm³/mol. The van der Waals surface area contributed by atoms with Gasteiger partial charge < -0.3 is 4.74 Å². The van der Waals surface area contributed by atoms with Crippen LogP contribution in [-0.2, 0) is 4.74 Å². The van der Waals surface area contributed by atoms with Gasteiger partial charge in [-0.3, -0.25) is 0 Å². The van der Waals surface area contributed by atoms with E-state index in [2.05, 4.69) is 0 Å². The van der Waals surface area contributed by atoms with E-state index in [0.717, 1.165) is 0 Å². The minimum absolute atomic E-state index is 0.250. The zero-order valence-electron chi connectivity index (χ0n) is 7.18. The van der Waals surface area contributed by atoms with Crippen molar-refractivity contribution in [1.82, 2.24) is 0 Å². The molecule has 1 saturated carbocycles. The van der Waals surface area contributed by atoms with Crippen LogP contribution in [0.1, 0.15) is 32.1 Å². The van der Waals surface area contributed by atoms with Gasteiger partial charge in [0.2, 0.25) is 0 Å². The molecule has 1 nitrogen and oxygen atoms in total. The quantitative estimate of drug-likeness (QED) is 0.601. The van der Waals surface area contributed by atoms with Crippen LogP contribution in [0, 0.1) is 5.92 Å². The second-order valence-electron chi connectivity index (χ2n) is 3.37. The van der Waals surface area contributed by atoms with Gasteiger partial charge in [0.25, 0.3) is 0 Å². The molecule has 2 heteroatoms. The molecular weight excluding hydrogens is 160 g/mol. The minimum atomic E-state index is 0.250. The second-order valence-corrected chi connectivity index (χ2v) is 3.93. The summed E-state index contributed by atoms with van der Waals surface area (Å²) in [5.74, 6) is 0.713. The van der Waals surface area contributed by atoms with E-state index in [1.54, 1.807) is 7.11 Å². The van der Waals surface area contributed by atoms with Crippen LogP contribution < -0.4 is 0 Å². The second kappa shape index (κ2) is 5.00. The summed E-state index contributed by atoms with van der Waals surface area (Å²) in [6, 6.07) is 0. The van der Waals surface area contributed by atoms with Gasteiger partial charge in [-0.05, 0) is 18.8 Å². The van der Waals surface area contributed by atoms with Crippen LogP contribution in [0.2, 0.25) is 0 Å². The van der Waals surface area contributed by atoms with E-state index in [-0.39, 0.29) is 5.38 Å². The normalized spacial score (nSPS) is 23.5. The van der Waals surface area contributed by atoms with E-state index in [1.807, 2.05) is 0 Å². The molecule has 1 aliphatic carbocycles. The Bertz CT molecular complexity index is 99.7. The Morgan fingerprint density at radius 1 is 1.36 bits per heavy atom. The average molecular weight is 177 g/mol. The molecule has 66 valence electrons. The maximum absolute atomic E-state index is 6.13. The molecule has 0 bridgehead atoms. The molecule has 0 heterocycles. The fourth-order valence-electron chi connectivity index (χ4n) is 1.79. The first-order chi connectivity index (χ1) is 5.34. The van der Waals surface area contributed by atoms with Crippen LogP contribution >= 0.6 is 11.6 Å². The largest absolute Gasteiger partial charge is 0.383 e. The zero-order valence-corrected chi connectivity index (χ0v) is 7.94. The Hall–Kier alpha value is 0.250. The fraction of sp³-hybridized carbons (Fsp3) is 1.00. The van der Waals surface area contributed by atoms with Gasteiger partial charge in [-0.25, -0.2) is 0 Å². The van der Waals surface area contributed by atoms with Gasteiger partial charge in [0.15, 0.2) is 0 Å². The van der Waals surface area contributed by atoms with Crippen LogP contribution in [0.15, 0.2) is 0 Å². The summed E-state index contributed by atoms with van der Waals surface area (Å²) >= 11 is 6.13. The summed E-state index contributed by atoms with van der Waals surface area (Å²) in [4.78, 5) is 0. The molecule has 0 N–H and O–H groups in total. The van der Waals surface area contributed by atoms with Crippen molar-refractivity contribution >= 4 is 11.6 Å². The van der Waals surface area contributed by atoms with Crippen molar-refractivity contribution in [3.8, 4) is 0 Å². The van der Waals surface area contributed by atoms with Crippen molar-refractivity contribution in [2.45, 2.75) is 37.5 Å². The van der Waals surface area contributed by atoms with Crippen LogP contribution in [0.4, 0.5) is 0 Å². The van der Waals surface area contributed by atoms with Crippen LogP contribution in [0.5, 0.6) is 0 Å². The number of hydrogen-bond donors (Lipinski definition) is 0. The lowest BCUT2D eigenvalue weighted by Crippen LogP contribution is -2.22. The third kappa shape index (κ3) is 3.00. The van der Waals surface area contributed by atoms with Gasteiger partial charge in [0, 0.05) is 7.11 Å². The van der Waals surface area contributed by atoms with Gasteiger partial charge >= 0.3 is 0 Å². The van der Waals surface area contributed by atoms with Crippen LogP contribution in [0.3, 0.4) is 0 Å². The van der Waals surface area contributed by atoms with Crippen LogP contribution in [-0.4, -0.2) is 19.1 Å². The van der Waals surface area contributed by atoms with Gasteiger partial charge in [0.05, 0.1) is 12.0 Å². The third-order valence-electron chi connectivity index (χ3n) is 2.49. The number of halogens is 1. The molecule has 0 aromatic carbocycles. The average Bonchev–Trinajstić information content (AvgIpc) is 2.07. The SMILES string of the molecule is COCC(Cl)C1CCCCC1. The third-order valence-corrected chi connectivity index (χ3v) is 2.97. The molecule has 0 saturated heterocycles. The molecule has 0 aliphatic heterocycles. The van der Waals surface area contributed by atoms with Crippen molar-refractivity contribution < 1.29 is 4.74 Å². The maximum Gasteiger partial charge on any atom is 0.0629 e. The first kappa shape index (κ1) is 9.34. The highest BCUT2D eigenvalue weighted by Gasteiger charge is 2.21. The van der Waals surface area contributed by atoms with E-state index in [0.29, 0.717) is 12.5 Å². The van der Waals surface area contributed by atoms with Crippen molar-refractivity contribution in [3.63, 3.8) is 0 Å². The summed E-state index contributed by atoms with van der Waals surface area (Å²) < 4.78 is 5.02. The van der Waals surface area contributed by atoms with E-state index < -0.39 is 0 Å². The molecule has 0 spiro atoms. The lowest BCUT2D eigenvalue weighted by molar-refractivity contribution is 0.170. The summed E-state index contributed by atoms with van der Waals surface area (Å²) in [6.07, 6.45) is 6.72. The minimum Gasteiger partial charge on any atom is -0.383 e. The van der Waals surface area contributed by atoms with E-state index in [9.17, 15) is 0 Å². The molecule has 0 radical (unpaired) electrons. The molecule has 1 aliphatic rings. The number of hydrogen-bond acceptors (Lipinski definition) is 1. The standard InChI is InChI=1S/C9H17ClO/c1-11-7-9(10)8-5-3-2-4-6-8/h8-9H,2-7H2,1H3. The molecule has 0 aromatic heterocycles. The molecule has 1 fully saturated rings. The lowest BCUT2D eigenvalue weighted by Gasteiger charge is -2.25. The highest BCUT2D eigenvalue weighted by atomic mass is 35.5. The Morgan fingerprint density at radius 3 is 2.55 bits per heavy atom. The lowest BCUT2D eigenvalue weighted by atomic mass is 9.87. The highest BCUT2D eigenvalue weighted by Crippen LogP contribution is 2.29. The Morgan fingerprint density at radius 2 is 2.00 bits per heavy atom. The van der Waals surface area contributed by atoms with Crippen molar-refractivity contribution in [2.24, 2.45) is 5.92 Å². The van der Waals surface area contributed by atoms with E-state index >= 15 is 0 Å². The first-order valence-corrected chi connectivity index (χ1v) is 4.91. The monoisotopic (exact) mass is 176 g/mol. The molecule has 1 unspecified atom stereocenters. The predicted octanol–water partition coefficient (Wildman–Crippen LogP) is 2.82. The van der Waals surface area contributed by atoms with Crippen molar-refractivity contribution in [1.29, 1.82) is 0 Å². The number of ether oxygens (including phenoxy) is 1. The Labute approximate surface area is 74.1 Å². The van der Waals surface area contributed by atoms with E-state index in [4.69, 9.17) is 16.3 Å². The highest BCUT2D eigenvalue weighted by molar-refractivity contribution is 6.20. The zero-order chi connectivity index (χ0) is 8.10. The molecule has 0 aromatic rings. The van der Waals surface area contributed by atoms with Gasteiger partial charge in [0.1, 0.15) is 0 Å². The topological polar surface area (TPSA) is 9.23 Å². The molecule has 0 amide bonds. The van der Waals surface area contributed by atoms with Crippen LogP contribution in [0.25, 0.3) is 0 Å². The Balaban J connectivity index is 2.21. The molecule has 11 heavy (non-hydrogen) atoms. The van der Waals surface area contributed by atoms with Gasteiger partial charge in [-0.2, -0.15) is 0 Å². The molecule has 1 rings (SSSR count). The van der Waals surface area contributed by atoms with Gasteiger partial charge in [-0.15, -0.1) is 11.6 Å². The fourth-order valence-corrected chi connectivity index (χ4v) is 2.17. The smallest absolute Gasteiger partial charge is 0.0629 e. The number of rotatable bonds is 3. The first-order valence-electron chi connectivity index (χ1n) is 4.47.